The molecule has 1 aromatic rings. The van der Waals surface area contributed by atoms with Crippen LogP contribution in [0.25, 0.3) is 0 Å². The van der Waals surface area contributed by atoms with E-state index < -0.39 is 0 Å². The Kier molecular flexibility index (Phi) is 7.99. The maximum absolute atomic E-state index is 12.0. The predicted octanol–water partition coefficient (Wildman–Crippen LogP) is 2.97. The van der Waals surface area contributed by atoms with Gasteiger partial charge in [-0.1, -0.05) is 42.1 Å². The zero-order valence-corrected chi connectivity index (χ0v) is 15.3. The van der Waals surface area contributed by atoms with Crippen molar-refractivity contribution in [3.63, 3.8) is 0 Å². The van der Waals surface area contributed by atoms with E-state index in [-0.39, 0.29) is 5.91 Å². The van der Waals surface area contributed by atoms with E-state index >= 15 is 0 Å². The molecule has 1 aliphatic heterocycles. The average molecular weight is 357 g/mol. The lowest BCUT2D eigenvalue weighted by Crippen LogP contribution is -2.32. The molecule has 1 amide bonds. The minimum Gasteiger partial charge on any atom is -0.273 e. The van der Waals surface area contributed by atoms with Crippen LogP contribution < -0.4 is 5.32 Å². The quantitative estimate of drug-likeness (QED) is 0.267. The minimum absolute atomic E-state index is 0.0978. The Morgan fingerprint density at radius 1 is 1.32 bits per heavy atom. The van der Waals surface area contributed by atoms with Gasteiger partial charge < -0.3 is 0 Å². The molecule has 0 aliphatic carbocycles. The number of amides is 1. The van der Waals surface area contributed by atoms with Gasteiger partial charge in [0.05, 0.1) is 5.71 Å². The average Bonchev–Trinajstić information content (AvgIpc) is 2.65. The fourth-order valence-electron chi connectivity index (χ4n) is 2.55. The molecule has 0 unspecified atom stereocenters. The van der Waals surface area contributed by atoms with Crippen LogP contribution in [0.4, 0.5) is 0 Å². The van der Waals surface area contributed by atoms with Crippen LogP contribution >= 0.6 is 11.8 Å². The summed E-state index contributed by atoms with van der Waals surface area (Å²) in [6.45, 7) is 1.32. The monoisotopic (exact) mass is 357 g/mol. The summed E-state index contributed by atoms with van der Waals surface area (Å²) in [6, 6.07) is 10.0. The molecular weight excluding hydrogens is 334 g/mol. The van der Waals surface area contributed by atoms with E-state index in [9.17, 15) is 4.79 Å². The van der Waals surface area contributed by atoms with Crippen LogP contribution in [0.3, 0.4) is 0 Å². The molecule has 0 atom stereocenters. The van der Waals surface area contributed by atoms with E-state index in [0.29, 0.717) is 31.1 Å². The summed E-state index contributed by atoms with van der Waals surface area (Å²) in [6.07, 6.45) is 7.78. The minimum atomic E-state index is 0.0978. The number of rotatable bonds is 7. The van der Waals surface area contributed by atoms with Gasteiger partial charge in [-0.15, -0.1) is 0 Å². The lowest BCUT2D eigenvalue weighted by atomic mass is 10.0. The number of carbonyl (C=O) groups is 1. The van der Waals surface area contributed by atoms with Gasteiger partial charge in [0, 0.05) is 25.9 Å². The van der Waals surface area contributed by atoms with E-state index in [1.165, 1.54) is 11.8 Å². The number of aliphatic imine (C=N–C) groups is 1. The van der Waals surface area contributed by atoms with Crippen molar-refractivity contribution in [2.45, 2.75) is 32.1 Å². The van der Waals surface area contributed by atoms with E-state index in [1.807, 2.05) is 42.8 Å². The van der Waals surface area contributed by atoms with E-state index in [1.54, 1.807) is 5.01 Å². The number of hydrazone groups is 1. The number of thioether (sulfide) groups is 1. The number of hydrogen-bond acceptors (Lipinski definition) is 5. The van der Waals surface area contributed by atoms with Crippen LogP contribution in [0.5, 0.6) is 0 Å². The number of nitrogens with one attached hydrogen (secondary N) is 1. The topological polar surface area (TPSA) is 80.8 Å². The van der Waals surface area contributed by atoms with Crippen LogP contribution in [0.2, 0.25) is 0 Å². The molecule has 25 heavy (non-hydrogen) atoms. The second kappa shape index (κ2) is 10.5. The van der Waals surface area contributed by atoms with E-state index in [4.69, 9.17) is 5.26 Å². The van der Waals surface area contributed by atoms with Crippen molar-refractivity contribution in [2.24, 2.45) is 10.1 Å². The van der Waals surface area contributed by atoms with Gasteiger partial charge in [-0.25, -0.2) is 5.01 Å². The second-order valence-electron chi connectivity index (χ2n) is 5.62. The summed E-state index contributed by atoms with van der Waals surface area (Å²) in [5, 5.41) is 17.9. The van der Waals surface area contributed by atoms with Gasteiger partial charge in [0.25, 0.3) is 0 Å². The third-order valence-corrected chi connectivity index (χ3v) is 4.47. The maximum atomic E-state index is 12.0. The smallest absolute Gasteiger partial charge is 0.243 e. The van der Waals surface area contributed by atoms with Crippen molar-refractivity contribution in [2.75, 3.05) is 19.3 Å². The Balaban J connectivity index is 1.78. The molecule has 1 aromatic carbocycles. The fraction of sp³-hybridized carbons (Fsp3) is 0.444. The zero-order valence-electron chi connectivity index (χ0n) is 14.4. The standard InChI is InChI=1S/C18H23N5OS/c1-25-18(21-14-19)20-12-6-3-7-13-23-17(24)11-10-16(22-23)15-8-4-2-5-9-15/h2,4-5,8-9H,3,6-7,10-13H2,1H3,(H,20,21). The molecule has 0 aromatic heterocycles. The van der Waals surface area contributed by atoms with E-state index in [2.05, 4.69) is 15.4 Å². The normalized spacial score (nSPS) is 14.9. The van der Waals surface area contributed by atoms with Crippen molar-refractivity contribution in [3.05, 3.63) is 35.9 Å². The molecule has 0 radical (unpaired) electrons. The number of carbonyl (C=O) groups excluding carboxylic acids is 1. The molecule has 0 bridgehead atoms. The van der Waals surface area contributed by atoms with Gasteiger partial charge in [0.2, 0.25) is 5.91 Å². The first kappa shape index (κ1) is 19.0. The largest absolute Gasteiger partial charge is 0.273 e. The number of nitriles is 1. The fourth-order valence-corrected chi connectivity index (χ4v) is 2.91. The van der Waals surface area contributed by atoms with E-state index in [0.717, 1.165) is 30.5 Å². The lowest BCUT2D eigenvalue weighted by molar-refractivity contribution is -0.131. The van der Waals surface area contributed by atoms with Crippen molar-refractivity contribution >= 4 is 28.5 Å². The summed E-state index contributed by atoms with van der Waals surface area (Å²) in [5.41, 5.74) is 2.07. The first-order chi connectivity index (χ1) is 12.2. The van der Waals surface area contributed by atoms with Crippen molar-refractivity contribution in [1.82, 2.24) is 10.3 Å². The molecular formula is C18H23N5OS. The molecule has 1 N–H and O–H groups in total. The number of benzene rings is 1. The van der Waals surface area contributed by atoms with Gasteiger partial charge in [-0.3, -0.25) is 15.1 Å². The SMILES string of the molecule is CSC(=NCCCCCN1N=C(c2ccccc2)CCC1=O)NC#N. The van der Waals surface area contributed by atoms with Crippen LogP contribution in [0, 0.1) is 11.5 Å². The Morgan fingerprint density at radius 2 is 2.12 bits per heavy atom. The van der Waals surface area contributed by atoms with Crippen LogP contribution in [0.1, 0.15) is 37.7 Å². The first-order valence-electron chi connectivity index (χ1n) is 8.41. The highest BCUT2D eigenvalue weighted by molar-refractivity contribution is 8.13. The van der Waals surface area contributed by atoms with Crippen molar-refractivity contribution in [1.29, 1.82) is 5.26 Å². The third-order valence-electron chi connectivity index (χ3n) is 3.85. The lowest BCUT2D eigenvalue weighted by Gasteiger charge is -2.23. The van der Waals surface area contributed by atoms with Crippen LogP contribution in [0.15, 0.2) is 40.4 Å². The summed E-state index contributed by atoms with van der Waals surface area (Å²) >= 11 is 1.43. The van der Waals surface area contributed by atoms with Gasteiger partial charge in [0.15, 0.2) is 11.4 Å². The molecule has 132 valence electrons. The molecule has 0 saturated carbocycles. The number of amidine groups is 1. The van der Waals surface area contributed by atoms with Gasteiger partial charge >= 0.3 is 0 Å². The number of hydrogen-bond donors (Lipinski definition) is 1. The molecule has 1 aliphatic rings. The highest BCUT2D eigenvalue weighted by Gasteiger charge is 2.20. The first-order valence-corrected chi connectivity index (χ1v) is 9.64. The second-order valence-corrected chi connectivity index (χ2v) is 6.41. The molecule has 0 saturated heterocycles. The molecule has 1 heterocycles. The number of nitrogens with zero attached hydrogens (tertiary/aromatic N) is 4. The Labute approximate surface area is 153 Å². The van der Waals surface area contributed by atoms with Crippen molar-refractivity contribution < 1.29 is 4.79 Å². The van der Waals surface area contributed by atoms with Gasteiger partial charge in [0.1, 0.15) is 0 Å². The summed E-state index contributed by atoms with van der Waals surface area (Å²) in [5.74, 6) is 0.0978. The van der Waals surface area contributed by atoms with Crippen LogP contribution in [-0.4, -0.2) is 41.1 Å². The highest BCUT2D eigenvalue weighted by atomic mass is 32.2. The predicted molar refractivity (Wildman–Crippen MR) is 102 cm³/mol. The molecule has 0 spiro atoms. The summed E-state index contributed by atoms with van der Waals surface area (Å²) in [7, 11) is 0. The zero-order chi connectivity index (χ0) is 17.9. The molecule has 7 heteroatoms. The Bertz CT molecular complexity index is 666. The third kappa shape index (κ3) is 6.24. The highest BCUT2D eigenvalue weighted by Crippen LogP contribution is 2.16. The molecule has 6 nitrogen and oxygen atoms in total. The maximum Gasteiger partial charge on any atom is 0.243 e. The Morgan fingerprint density at radius 3 is 2.84 bits per heavy atom. The van der Waals surface area contributed by atoms with Gasteiger partial charge in [-0.05, 0) is 31.1 Å². The molecule has 0 fully saturated rings. The van der Waals surface area contributed by atoms with Crippen molar-refractivity contribution in [3.8, 4) is 6.19 Å². The molecule has 2 rings (SSSR count). The van der Waals surface area contributed by atoms with Crippen LogP contribution in [-0.2, 0) is 4.79 Å². The summed E-state index contributed by atoms with van der Waals surface area (Å²) < 4.78 is 0. The Hall–Kier alpha value is -2.33. The van der Waals surface area contributed by atoms with Gasteiger partial charge in [-0.2, -0.15) is 10.4 Å². The summed E-state index contributed by atoms with van der Waals surface area (Å²) in [4.78, 5) is 16.4. The number of unbranched alkanes of at least 4 members (excludes halogenated alkanes) is 2.